The van der Waals surface area contributed by atoms with E-state index in [0.29, 0.717) is 19.0 Å². The molecule has 0 saturated heterocycles. The molecule has 0 amide bonds. The molecule has 0 aliphatic heterocycles. The number of rotatable bonds is 7. The smallest absolute Gasteiger partial charge is 0.211 e. The van der Waals surface area contributed by atoms with Crippen molar-refractivity contribution in [1.82, 2.24) is 0 Å². The largest absolute Gasteiger partial charge is 0.235 e. The van der Waals surface area contributed by atoms with E-state index in [1.807, 2.05) is 0 Å². The van der Waals surface area contributed by atoms with Crippen molar-refractivity contribution >= 4 is 18.2 Å². The maximum Gasteiger partial charge on any atom is 0.235 e. The summed E-state index contributed by atoms with van der Waals surface area (Å²) in [6.45, 7) is 3.09. The van der Waals surface area contributed by atoms with E-state index < -0.39 is 0 Å². The first kappa shape index (κ1) is 15.5. The van der Waals surface area contributed by atoms with E-state index in [0.717, 1.165) is 32.1 Å². The molecule has 0 radical (unpaired) electrons. The Bertz CT molecular complexity index is 544. The Balaban J connectivity index is 2.16. The minimum atomic E-state index is -0.0810. The standard InChI is InChI=1S/C15H19N3O3/c1-14-5-12(13(7-14)18-11-21)6-15(14,8-17-10-20)3-2-4-16-9-19/h12-13H,2-8H2,1H3. The highest BCUT2D eigenvalue weighted by Gasteiger charge is 2.61. The third-order valence-corrected chi connectivity index (χ3v) is 5.50. The molecule has 2 saturated carbocycles. The summed E-state index contributed by atoms with van der Waals surface area (Å²) in [6.07, 6.45) is 9.21. The van der Waals surface area contributed by atoms with E-state index >= 15 is 0 Å². The summed E-state index contributed by atoms with van der Waals surface area (Å²) >= 11 is 0. The van der Waals surface area contributed by atoms with Crippen molar-refractivity contribution in [3.63, 3.8) is 0 Å². The number of fused-ring (bicyclic) bond motifs is 2. The average molecular weight is 289 g/mol. The molecule has 2 aliphatic rings. The fourth-order valence-corrected chi connectivity index (χ4v) is 4.50. The van der Waals surface area contributed by atoms with Crippen LogP contribution in [-0.4, -0.2) is 37.4 Å². The molecule has 6 nitrogen and oxygen atoms in total. The van der Waals surface area contributed by atoms with E-state index in [4.69, 9.17) is 0 Å². The van der Waals surface area contributed by atoms with Crippen molar-refractivity contribution in [3.8, 4) is 0 Å². The molecule has 2 fully saturated rings. The summed E-state index contributed by atoms with van der Waals surface area (Å²) in [7, 11) is 0. The van der Waals surface area contributed by atoms with Gasteiger partial charge in [0.2, 0.25) is 18.2 Å². The van der Waals surface area contributed by atoms with Crippen LogP contribution < -0.4 is 0 Å². The predicted molar refractivity (Wildman–Crippen MR) is 75.0 cm³/mol. The third kappa shape index (κ3) is 2.79. The fraction of sp³-hybridized carbons (Fsp3) is 0.800. The van der Waals surface area contributed by atoms with Gasteiger partial charge in [-0.2, -0.15) is 0 Å². The number of hydrogen-bond acceptors (Lipinski definition) is 6. The number of isocyanates is 3. The van der Waals surface area contributed by atoms with Gasteiger partial charge in [0.15, 0.2) is 0 Å². The molecule has 21 heavy (non-hydrogen) atoms. The molecule has 0 heterocycles. The summed E-state index contributed by atoms with van der Waals surface area (Å²) in [4.78, 5) is 42.5. The molecule has 2 aliphatic carbocycles. The van der Waals surface area contributed by atoms with Crippen molar-refractivity contribution in [2.24, 2.45) is 31.7 Å². The molecule has 0 aromatic carbocycles. The highest BCUT2D eigenvalue weighted by molar-refractivity contribution is 5.35. The minimum Gasteiger partial charge on any atom is -0.211 e. The molecular formula is C15H19N3O3. The molecule has 4 atom stereocenters. The average Bonchev–Trinajstić information content (AvgIpc) is 2.92. The van der Waals surface area contributed by atoms with Crippen LogP contribution in [0.25, 0.3) is 0 Å². The van der Waals surface area contributed by atoms with Crippen LogP contribution in [0.2, 0.25) is 0 Å². The zero-order valence-corrected chi connectivity index (χ0v) is 12.2. The highest BCUT2D eigenvalue weighted by atomic mass is 16.1. The first-order valence-corrected chi connectivity index (χ1v) is 7.25. The lowest BCUT2D eigenvalue weighted by molar-refractivity contribution is 0.0607. The monoisotopic (exact) mass is 289 g/mol. The van der Waals surface area contributed by atoms with Gasteiger partial charge in [-0.15, -0.1) is 0 Å². The highest BCUT2D eigenvalue weighted by Crippen LogP contribution is 2.66. The first-order chi connectivity index (χ1) is 10.1. The molecule has 2 rings (SSSR count). The van der Waals surface area contributed by atoms with Gasteiger partial charge in [0, 0.05) is 0 Å². The van der Waals surface area contributed by atoms with Gasteiger partial charge in [-0.3, -0.25) is 0 Å². The fourth-order valence-electron chi connectivity index (χ4n) is 4.50. The lowest BCUT2D eigenvalue weighted by Gasteiger charge is -2.45. The number of aliphatic imine (C=N–C) groups is 3. The lowest BCUT2D eigenvalue weighted by Crippen LogP contribution is -2.41. The Morgan fingerprint density at radius 2 is 1.81 bits per heavy atom. The van der Waals surface area contributed by atoms with E-state index in [2.05, 4.69) is 21.9 Å². The summed E-state index contributed by atoms with van der Waals surface area (Å²) in [6, 6.07) is 0.0498. The van der Waals surface area contributed by atoms with Crippen LogP contribution in [0.15, 0.2) is 15.0 Å². The Labute approximate surface area is 123 Å². The van der Waals surface area contributed by atoms with Crippen LogP contribution in [0.3, 0.4) is 0 Å². The Morgan fingerprint density at radius 1 is 1.05 bits per heavy atom. The number of nitrogens with zero attached hydrogens (tertiary/aromatic N) is 3. The summed E-state index contributed by atoms with van der Waals surface area (Å²) < 4.78 is 0. The predicted octanol–water partition coefficient (Wildman–Crippen LogP) is 1.95. The molecule has 0 N–H and O–H groups in total. The van der Waals surface area contributed by atoms with Crippen LogP contribution in [0, 0.1) is 16.7 Å². The number of hydrogen-bond donors (Lipinski definition) is 0. The van der Waals surface area contributed by atoms with Crippen molar-refractivity contribution < 1.29 is 14.4 Å². The zero-order valence-electron chi connectivity index (χ0n) is 12.2. The quantitative estimate of drug-likeness (QED) is 0.407. The Hall–Kier alpha value is -1.86. The van der Waals surface area contributed by atoms with Gasteiger partial charge in [-0.1, -0.05) is 6.92 Å². The van der Waals surface area contributed by atoms with Gasteiger partial charge < -0.3 is 0 Å². The molecule has 2 bridgehead atoms. The first-order valence-electron chi connectivity index (χ1n) is 7.25. The lowest BCUT2D eigenvalue weighted by atomic mass is 9.60. The Morgan fingerprint density at radius 3 is 2.38 bits per heavy atom. The molecule has 0 aromatic rings. The van der Waals surface area contributed by atoms with Crippen LogP contribution in [0.4, 0.5) is 0 Å². The summed E-state index contributed by atoms with van der Waals surface area (Å²) in [5.41, 5.74) is -0.0731. The van der Waals surface area contributed by atoms with Crippen molar-refractivity contribution in [2.75, 3.05) is 13.1 Å². The zero-order chi connectivity index (χ0) is 15.3. The second kappa shape index (κ2) is 6.28. The molecular weight excluding hydrogens is 270 g/mol. The topological polar surface area (TPSA) is 88.3 Å². The summed E-state index contributed by atoms with van der Waals surface area (Å²) in [5.74, 6) is 0.355. The molecule has 0 aromatic heterocycles. The van der Waals surface area contributed by atoms with Crippen LogP contribution in [0.5, 0.6) is 0 Å². The third-order valence-electron chi connectivity index (χ3n) is 5.50. The molecule has 4 unspecified atom stereocenters. The molecule has 112 valence electrons. The van der Waals surface area contributed by atoms with Gasteiger partial charge in [-0.25, -0.2) is 29.4 Å². The van der Waals surface area contributed by atoms with Crippen LogP contribution in [-0.2, 0) is 14.4 Å². The van der Waals surface area contributed by atoms with Crippen LogP contribution >= 0.6 is 0 Å². The van der Waals surface area contributed by atoms with E-state index in [9.17, 15) is 14.4 Å². The SMILES string of the molecule is CC12CC(CC1(CCCN=C=O)CN=C=O)C(N=C=O)C2. The Kier molecular flexibility index (Phi) is 4.64. The normalized spacial score (nSPS) is 36.4. The second-order valence-electron chi connectivity index (χ2n) is 6.49. The van der Waals surface area contributed by atoms with Crippen molar-refractivity contribution in [1.29, 1.82) is 0 Å². The second-order valence-corrected chi connectivity index (χ2v) is 6.49. The summed E-state index contributed by atoms with van der Waals surface area (Å²) in [5, 5.41) is 0. The minimum absolute atomic E-state index is 0.00786. The number of carbonyl (C=O) groups excluding carboxylic acids is 3. The maximum atomic E-state index is 10.5. The van der Waals surface area contributed by atoms with Crippen molar-refractivity contribution in [3.05, 3.63) is 0 Å². The van der Waals surface area contributed by atoms with Crippen LogP contribution in [0.1, 0.15) is 39.0 Å². The molecule has 0 spiro atoms. The van der Waals surface area contributed by atoms with Gasteiger partial charge in [0.25, 0.3) is 0 Å². The molecule has 6 heteroatoms. The van der Waals surface area contributed by atoms with E-state index in [1.165, 1.54) is 0 Å². The van der Waals surface area contributed by atoms with Gasteiger partial charge in [-0.05, 0) is 48.9 Å². The van der Waals surface area contributed by atoms with Gasteiger partial charge in [0.05, 0.1) is 19.1 Å². The maximum absolute atomic E-state index is 10.5. The van der Waals surface area contributed by atoms with E-state index in [1.54, 1.807) is 18.2 Å². The van der Waals surface area contributed by atoms with Gasteiger partial charge >= 0.3 is 0 Å². The van der Waals surface area contributed by atoms with Crippen molar-refractivity contribution in [2.45, 2.75) is 45.1 Å². The van der Waals surface area contributed by atoms with Gasteiger partial charge in [0.1, 0.15) is 0 Å². The van der Waals surface area contributed by atoms with E-state index in [-0.39, 0.29) is 16.9 Å².